The van der Waals surface area contributed by atoms with Crippen molar-refractivity contribution in [3.8, 4) is 0 Å². The monoisotopic (exact) mass is 441 g/mol. The molecule has 0 aliphatic carbocycles. The summed E-state index contributed by atoms with van der Waals surface area (Å²) in [7, 11) is -2.36. The Morgan fingerprint density at radius 1 is 1.22 bits per heavy atom. The van der Waals surface area contributed by atoms with Gasteiger partial charge >= 0.3 is 0 Å². The fourth-order valence-corrected chi connectivity index (χ4v) is 4.33. The van der Waals surface area contributed by atoms with Gasteiger partial charge in [-0.1, -0.05) is 12.1 Å². The van der Waals surface area contributed by atoms with E-state index in [1.165, 1.54) is 31.3 Å². The van der Waals surface area contributed by atoms with E-state index in [-0.39, 0.29) is 15.4 Å². The van der Waals surface area contributed by atoms with Gasteiger partial charge in [-0.25, -0.2) is 8.42 Å². The van der Waals surface area contributed by atoms with Crippen LogP contribution in [0.2, 0.25) is 0 Å². The number of aromatic amines is 1. The largest absolute Gasteiger partial charge is 0.355 e. The Labute approximate surface area is 146 Å². The second-order valence-electron chi connectivity index (χ2n) is 4.80. The van der Waals surface area contributed by atoms with E-state index in [1.807, 2.05) is 0 Å². The molecule has 0 aliphatic heterocycles. The lowest BCUT2D eigenvalue weighted by molar-refractivity contribution is 0.0960. The topological polar surface area (TPSA) is 91.9 Å². The normalized spacial score (nSPS) is 11.6. The van der Waals surface area contributed by atoms with Gasteiger partial charge in [0, 0.05) is 12.4 Å². The van der Waals surface area contributed by atoms with Crippen LogP contribution in [0.5, 0.6) is 0 Å². The molecule has 0 atom stereocenters. The van der Waals surface area contributed by atoms with E-state index >= 15 is 0 Å². The van der Waals surface area contributed by atoms with Crippen LogP contribution in [0.25, 0.3) is 10.9 Å². The van der Waals surface area contributed by atoms with Gasteiger partial charge in [-0.05, 0) is 52.9 Å². The van der Waals surface area contributed by atoms with Crippen molar-refractivity contribution in [3.05, 3.63) is 51.7 Å². The minimum Gasteiger partial charge on any atom is -0.355 e. The first-order valence-corrected chi connectivity index (χ1v) is 9.21. The van der Waals surface area contributed by atoms with E-state index in [4.69, 9.17) is 0 Å². The minimum atomic E-state index is -3.82. The van der Waals surface area contributed by atoms with E-state index in [2.05, 4.69) is 38.1 Å². The molecule has 0 aliphatic rings. The summed E-state index contributed by atoms with van der Waals surface area (Å²) >= 11 is 2.10. The van der Waals surface area contributed by atoms with Gasteiger partial charge < -0.3 is 5.32 Å². The molecule has 0 unspecified atom stereocenters. The first kappa shape index (κ1) is 15.9. The van der Waals surface area contributed by atoms with Gasteiger partial charge in [0.05, 0.1) is 20.9 Å². The molecule has 8 heteroatoms. The molecule has 6 nitrogen and oxygen atoms in total. The van der Waals surface area contributed by atoms with Crippen molar-refractivity contribution in [3.63, 3.8) is 0 Å². The number of rotatable bonds is 3. The van der Waals surface area contributed by atoms with Crippen LogP contribution in [-0.2, 0) is 9.84 Å². The number of fused-ring (bicyclic) bond motifs is 1. The smallest absolute Gasteiger partial charge is 0.252 e. The Hall–Kier alpha value is -1.94. The molecule has 3 aromatic rings. The van der Waals surface area contributed by atoms with Crippen LogP contribution in [0.1, 0.15) is 10.4 Å². The molecule has 0 bridgehead atoms. The summed E-state index contributed by atoms with van der Waals surface area (Å²) in [6, 6.07) is 10.9. The average molecular weight is 441 g/mol. The molecule has 0 saturated carbocycles. The molecule has 23 heavy (non-hydrogen) atoms. The maximum absolute atomic E-state index is 12.9. The maximum atomic E-state index is 12.9. The van der Waals surface area contributed by atoms with Crippen LogP contribution < -0.4 is 5.32 Å². The number of sulfone groups is 1. The van der Waals surface area contributed by atoms with Gasteiger partial charge in [0.2, 0.25) is 9.84 Å². The number of carbonyl (C=O) groups excluding carboxylic acids is 1. The molecule has 0 saturated heterocycles. The van der Waals surface area contributed by atoms with E-state index in [0.29, 0.717) is 5.52 Å². The summed E-state index contributed by atoms with van der Waals surface area (Å²) in [6.45, 7) is 0. The highest BCUT2D eigenvalue weighted by atomic mass is 127. The van der Waals surface area contributed by atoms with Crippen molar-refractivity contribution in [2.24, 2.45) is 0 Å². The predicted molar refractivity (Wildman–Crippen MR) is 94.1 cm³/mol. The Kier molecular flexibility index (Phi) is 4.11. The van der Waals surface area contributed by atoms with Crippen molar-refractivity contribution < 1.29 is 13.2 Å². The zero-order valence-electron chi connectivity index (χ0n) is 12.0. The second-order valence-corrected chi connectivity index (χ2v) is 7.79. The minimum absolute atomic E-state index is 0.0241. The van der Waals surface area contributed by atoms with E-state index in [1.54, 1.807) is 18.2 Å². The van der Waals surface area contributed by atoms with Gasteiger partial charge in [-0.2, -0.15) is 5.10 Å². The van der Waals surface area contributed by atoms with Crippen molar-refractivity contribution in [2.45, 2.75) is 9.79 Å². The fourth-order valence-electron chi connectivity index (χ4n) is 2.28. The number of amides is 1. The van der Waals surface area contributed by atoms with Crippen LogP contribution in [-0.4, -0.2) is 31.6 Å². The molecule has 1 heterocycles. The van der Waals surface area contributed by atoms with Crippen molar-refractivity contribution in [2.75, 3.05) is 7.05 Å². The third kappa shape index (κ3) is 2.72. The van der Waals surface area contributed by atoms with Gasteiger partial charge in [0.25, 0.3) is 5.91 Å². The van der Waals surface area contributed by atoms with E-state index in [0.717, 1.165) is 9.09 Å². The lowest BCUT2D eigenvalue weighted by atomic mass is 10.2. The summed E-state index contributed by atoms with van der Waals surface area (Å²) in [4.78, 5) is 12.0. The average Bonchev–Trinajstić information content (AvgIpc) is 2.95. The highest BCUT2D eigenvalue weighted by Gasteiger charge is 2.24. The Morgan fingerprint density at radius 3 is 2.70 bits per heavy atom. The number of aromatic nitrogens is 2. The van der Waals surface area contributed by atoms with Gasteiger partial charge in [0.15, 0.2) is 0 Å². The van der Waals surface area contributed by atoms with Crippen molar-refractivity contribution in [1.29, 1.82) is 0 Å². The second kappa shape index (κ2) is 5.93. The van der Waals surface area contributed by atoms with Gasteiger partial charge in [0.1, 0.15) is 3.70 Å². The fraction of sp³-hybridized carbons (Fsp3) is 0.0667. The van der Waals surface area contributed by atoms with E-state index < -0.39 is 15.7 Å². The summed E-state index contributed by atoms with van der Waals surface area (Å²) in [6.07, 6.45) is 0. The number of halogens is 1. The predicted octanol–water partition coefficient (Wildman–Crippen LogP) is 2.36. The number of nitrogens with zero attached hydrogens (tertiary/aromatic N) is 1. The Morgan fingerprint density at radius 2 is 1.96 bits per heavy atom. The first-order chi connectivity index (χ1) is 10.9. The molecule has 0 spiro atoms. The highest BCUT2D eigenvalue weighted by molar-refractivity contribution is 14.1. The Balaban J connectivity index is 2.19. The SMILES string of the molecule is CNC(=O)c1ccccc1S(=O)(=O)c1ccc2c(I)[nH]nc2c1. The molecule has 0 radical (unpaired) electrons. The number of benzene rings is 2. The first-order valence-electron chi connectivity index (χ1n) is 6.65. The van der Waals surface area contributed by atoms with Crippen molar-refractivity contribution in [1.82, 2.24) is 15.5 Å². The number of carbonyl (C=O) groups is 1. The number of hydrogen-bond acceptors (Lipinski definition) is 4. The number of hydrogen-bond donors (Lipinski definition) is 2. The molecule has 1 amide bonds. The highest BCUT2D eigenvalue weighted by Crippen LogP contribution is 2.27. The standard InChI is InChI=1S/C15H12IN3O3S/c1-17-15(20)11-4-2-3-5-13(11)23(21,22)9-6-7-10-12(8-9)18-19-14(10)16/h2-8H,1H3,(H,17,20)(H,18,19). The summed E-state index contributed by atoms with van der Waals surface area (Å²) in [5, 5.41) is 10.2. The quantitative estimate of drug-likeness (QED) is 0.611. The van der Waals surface area contributed by atoms with Crippen LogP contribution in [0.3, 0.4) is 0 Å². The van der Waals surface area contributed by atoms with Crippen molar-refractivity contribution >= 4 is 49.2 Å². The molecule has 2 aromatic carbocycles. The molecular weight excluding hydrogens is 429 g/mol. The third-order valence-electron chi connectivity index (χ3n) is 3.44. The lowest BCUT2D eigenvalue weighted by Gasteiger charge is -2.09. The number of H-pyrrole nitrogens is 1. The van der Waals surface area contributed by atoms with E-state index in [9.17, 15) is 13.2 Å². The summed E-state index contributed by atoms with van der Waals surface area (Å²) in [5.74, 6) is -0.445. The molecule has 3 rings (SSSR count). The molecule has 1 aromatic heterocycles. The third-order valence-corrected chi connectivity index (χ3v) is 6.07. The molecule has 2 N–H and O–H groups in total. The molecule has 0 fully saturated rings. The summed E-state index contributed by atoms with van der Waals surface area (Å²) in [5.41, 5.74) is 0.680. The summed E-state index contributed by atoms with van der Waals surface area (Å²) < 4.78 is 26.7. The maximum Gasteiger partial charge on any atom is 0.252 e. The molecule has 118 valence electrons. The van der Waals surface area contributed by atoms with Gasteiger partial charge in [-0.3, -0.25) is 9.89 Å². The van der Waals surface area contributed by atoms with Crippen LogP contribution in [0, 0.1) is 3.70 Å². The van der Waals surface area contributed by atoms with Crippen LogP contribution in [0.4, 0.5) is 0 Å². The van der Waals surface area contributed by atoms with Crippen LogP contribution >= 0.6 is 22.6 Å². The lowest BCUT2D eigenvalue weighted by Crippen LogP contribution is -2.21. The Bertz CT molecular complexity index is 1010. The van der Waals surface area contributed by atoms with Crippen LogP contribution in [0.15, 0.2) is 52.3 Å². The number of nitrogens with one attached hydrogen (secondary N) is 2. The zero-order chi connectivity index (χ0) is 16.6. The van der Waals surface area contributed by atoms with Gasteiger partial charge in [-0.15, -0.1) is 0 Å². The zero-order valence-corrected chi connectivity index (χ0v) is 15.0. The molecular formula is C15H12IN3O3S.